The molecule has 0 saturated heterocycles. The molecule has 3 heteroatoms. The predicted octanol–water partition coefficient (Wildman–Crippen LogP) is 3.01. The fourth-order valence-corrected chi connectivity index (χ4v) is 2.19. The van der Waals surface area contributed by atoms with E-state index in [-0.39, 0.29) is 0 Å². The van der Waals surface area contributed by atoms with Crippen LogP contribution in [-0.4, -0.2) is 6.29 Å². The molecule has 0 bridgehead atoms. The molecule has 0 atom stereocenters. The molecular weight excluding hydrogens is 182 g/mol. The fraction of sp³-hybridized carbons (Fsp3) is 0.600. The molecule has 0 aromatic rings. The number of thioether (sulfide) groups is 1. The number of carbonyl (C=O) groups excluding carboxylic acids is 1. The van der Waals surface area contributed by atoms with E-state index in [1.807, 2.05) is 5.40 Å². The number of carbonyl (C=O) groups is 1. The highest BCUT2D eigenvalue weighted by Crippen LogP contribution is 2.29. The third kappa shape index (κ3) is 3.23. The second-order valence-corrected chi connectivity index (χ2v) is 4.05. The first-order chi connectivity index (χ1) is 6.38. The smallest absolute Gasteiger partial charge is 0.146 e. The minimum absolute atomic E-state index is 0.853. The van der Waals surface area contributed by atoms with Gasteiger partial charge < -0.3 is 0 Å². The molecule has 1 aliphatic carbocycles. The molecule has 13 heavy (non-hydrogen) atoms. The van der Waals surface area contributed by atoms with Gasteiger partial charge in [0.1, 0.15) is 11.7 Å². The first-order valence-electron chi connectivity index (χ1n) is 4.61. The summed E-state index contributed by atoms with van der Waals surface area (Å²) >= 11 is 1.16. The summed E-state index contributed by atoms with van der Waals surface area (Å²) in [4.78, 5) is 11.7. The van der Waals surface area contributed by atoms with Gasteiger partial charge >= 0.3 is 0 Å². The van der Waals surface area contributed by atoms with Crippen LogP contribution in [0, 0.1) is 10.7 Å². The molecule has 0 saturated carbocycles. The van der Waals surface area contributed by atoms with Crippen LogP contribution in [0.2, 0.25) is 0 Å². The van der Waals surface area contributed by atoms with E-state index in [9.17, 15) is 4.79 Å². The molecule has 0 heterocycles. The van der Waals surface area contributed by atoms with Crippen LogP contribution in [0.15, 0.2) is 10.5 Å². The molecule has 0 unspecified atom stereocenters. The Hall–Kier alpha value is -0.750. The molecule has 0 aliphatic heterocycles. The highest BCUT2D eigenvalue weighted by Gasteiger charge is 2.09. The molecule has 2 nitrogen and oxygen atoms in total. The quantitative estimate of drug-likeness (QED) is 0.502. The lowest BCUT2D eigenvalue weighted by atomic mass is 10.0. The van der Waals surface area contributed by atoms with Gasteiger partial charge in [-0.1, -0.05) is 12.8 Å². The number of thiocyanates is 1. The van der Waals surface area contributed by atoms with Crippen LogP contribution in [0.5, 0.6) is 0 Å². The van der Waals surface area contributed by atoms with Gasteiger partial charge in [0.2, 0.25) is 0 Å². The van der Waals surface area contributed by atoms with Gasteiger partial charge in [-0.25, -0.2) is 0 Å². The second-order valence-electron chi connectivity index (χ2n) is 3.17. The van der Waals surface area contributed by atoms with Crippen LogP contribution < -0.4 is 0 Å². The van der Waals surface area contributed by atoms with E-state index >= 15 is 0 Å². The summed E-state index contributed by atoms with van der Waals surface area (Å²) < 4.78 is 0. The summed E-state index contributed by atoms with van der Waals surface area (Å²) in [6.45, 7) is 0. The Morgan fingerprint density at radius 1 is 1.23 bits per heavy atom. The van der Waals surface area contributed by atoms with Gasteiger partial charge in [-0.15, -0.1) is 0 Å². The number of nitrogens with zero attached hydrogens (tertiary/aromatic N) is 1. The van der Waals surface area contributed by atoms with Gasteiger partial charge in [0.05, 0.1) is 0 Å². The molecule has 0 radical (unpaired) electrons. The second kappa shape index (κ2) is 5.82. The third-order valence-electron chi connectivity index (χ3n) is 2.27. The zero-order valence-corrected chi connectivity index (χ0v) is 8.40. The number of hydrogen-bond donors (Lipinski definition) is 0. The van der Waals surface area contributed by atoms with E-state index in [4.69, 9.17) is 5.26 Å². The summed E-state index contributed by atoms with van der Waals surface area (Å²) in [5, 5.41) is 10.6. The molecule has 0 amide bonds. The third-order valence-corrected chi connectivity index (χ3v) is 3.07. The van der Waals surface area contributed by atoms with E-state index in [0.717, 1.165) is 54.2 Å². The Bertz CT molecular complexity index is 252. The van der Waals surface area contributed by atoms with Crippen molar-refractivity contribution in [3.63, 3.8) is 0 Å². The van der Waals surface area contributed by atoms with Crippen molar-refractivity contribution >= 4 is 18.0 Å². The Morgan fingerprint density at radius 2 is 1.92 bits per heavy atom. The van der Waals surface area contributed by atoms with E-state index < -0.39 is 0 Å². The van der Waals surface area contributed by atoms with Crippen molar-refractivity contribution in [2.24, 2.45) is 0 Å². The first kappa shape index (κ1) is 10.3. The zero-order valence-electron chi connectivity index (χ0n) is 7.58. The van der Waals surface area contributed by atoms with Gasteiger partial charge in [-0.3, -0.25) is 4.79 Å². The maximum Gasteiger partial charge on any atom is 0.146 e. The van der Waals surface area contributed by atoms with E-state index in [1.165, 1.54) is 12.8 Å². The maximum absolute atomic E-state index is 10.7. The summed E-state index contributed by atoms with van der Waals surface area (Å²) in [5.74, 6) is 0. The Balaban J connectivity index is 2.74. The molecule has 70 valence electrons. The standard InChI is InChI=1S/C10H13NOS/c11-8-13-10-6-4-2-1-3-5-9(10)7-12/h7H,1-6H2/b10-9-. The molecule has 0 N–H and O–H groups in total. The van der Waals surface area contributed by atoms with Crippen molar-refractivity contribution in [3.8, 4) is 5.40 Å². The maximum atomic E-state index is 10.7. The number of nitriles is 1. The Kier molecular flexibility index (Phi) is 4.63. The average molecular weight is 195 g/mol. The van der Waals surface area contributed by atoms with Gasteiger partial charge in [0, 0.05) is 10.5 Å². The molecule has 1 aliphatic rings. The van der Waals surface area contributed by atoms with Crippen molar-refractivity contribution in [2.45, 2.75) is 38.5 Å². The number of allylic oxidation sites excluding steroid dienone is 2. The highest BCUT2D eigenvalue weighted by atomic mass is 32.2. The van der Waals surface area contributed by atoms with Crippen LogP contribution in [0.4, 0.5) is 0 Å². The van der Waals surface area contributed by atoms with Crippen molar-refractivity contribution in [3.05, 3.63) is 10.5 Å². The molecule has 0 spiro atoms. The van der Waals surface area contributed by atoms with E-state index in [0.29, 0.717) is 0 Å². The highest BCUT2D eigenvalue weighted by molar-refractivity contribution is 8.07. The molecular formula is C10H13NOS. The molecule has 0 aromatic carbocycles. The molecule has 0 fully saturated rings. The minimum Gasteiger partial charge on any atom is -0.298 e. The first-order valence-corrected chi connectivity index (χ1v) is 5.43. The summed E-state index contributed by atoms with van der Waals surface area (Å²) in [6.07, 6.45) is 7.32. The number of aldehydes is 1. The van der Waals surface area contributed by atoms with Crippen molar-refractivity contribution in [2.75, 3.05) is 0 Å². The lowest BCUT2D eigenvalue weighted by molar-refractivity contribution is -0.105. The molecule has 1 rings (SSSR count). The van der Waals surface area contributed by atoms with Crippen molar-refractivity contribution < 1.29 is 4.79 Å². The largest absolute Gasteiger partial charge is 0.298 e. The van der Waals surface area contributed by atoms with Gasteiger partial charge in [-0.2, -0.15) is 5.26 Å². The van der Waals surface area contributed by atoms with E-state index in [1.54, 1.807) is 0 Å². The summed E-state index contributed by atoms with van der Waals surface area (Å²) in [7, 11) is 0. The van der Waals surface area contributed by atoms with Crippen molar-refractivity contribution in [1.82, 2.24) is 0 Å². The van der Waals surface area contributed by atoms with Gasteiger partial charge in [0.15, 0.2) is 0 Å². The Morgan fingerprint density at radius 3 is 2.54 bits per heavy atom. The van der Waals surface area contributed by atoms with Crippen LogP contribution in [0.25, 0.3) is 0 Å². The minimum atomic E-state index is 0.853. The SMILES string of the molecule is N#CS/C1=C(\C=O)CCCCCC1. The van der Waals surface area contributed by atoms with Crippen LogP contribution >= 0.6 is 11.8 Å². The van der Waals surface area contributed by atoms with Gasteiger partial charge in [-0.05, 0) is 37.4 Å². The van der Waals surface area contributed by atoms with Crippen LogP contribution in [0.1, 0.15) is 38.5 Å². The summed E-state index contributed by atoms with van der Waals surface area (Å²) in [5.41, 5.74) is 0.853. The molecule has 0 aromatic heterocycles. The average Bonchev–Trinajstić information content (AvgIpc) is 2.10. The normalized spacial score (nSPS) is 24.2. The van der Waals surface area contributed by atoms with Crippen molar-refractivity contribution in [1.29, 1.82) is 5.26 Å². The number of hydrogen-bond acceptors (Lipinski definition) is 3. The Labute approximate surface area is 83.0 Å². The van der Waals surface area contributed by atoms with E-state index in [2.05, 4.69) is 0 Å². The topological polar surface area (TPSA) is 40.9 Å². The monoisotopic (exact) mass is 195 g/mol. The summed E-state index contributed by atoms with van der Waals surface area (Å²) in [6, 6.07) is 0. The van der Waals surface area contributed by atoms with Crippen LogP contribution in [0.3, 0.4) is 0 Å². The lowest BCUT2D eigenvalue weighted by Crippen LogP contribution is -1.95. The van der Waals surface area contributed by atoms with Crippen LogP contribution in [-0.2, 0) is 4.79 Å². The lowest BCUT2D eigenvalue weighted by Gasteiger charge is -2.11. The number of rotatable bonds is 2. The van der Waals surface area contributed by atoms with Gasteiger partial charge in [0.25, 0.3) is 0 Å². The fourth-order valence-electron chi connectivity index (χ4n) is 1.55. The zero-order chi connectivity index (χ0) is 9.52. The predicted molar refractivity (Wildman–Crippen MR) is 54.0 cm³/mol.